The van der Waals surface area contributed by atoms with Crippen molar-refractivity contribution in [3.8, 4) is 16.9 Å². The second kappa shape index (κ2) is 8.58. The minimum absolute atomic E-state index is 0. The van der Waals surface area contributed by atoms with Gasteiger partial charge in [0.15, 0.2) is 0 Å². The molecule has 0 unspecified atom stereocenters. The molecule has 0 aliphatic heterocycles. The molecule has 2 nitrogen and oxygen atoms in total. The molecule has 123 valence electrons. The van der Waals surface area contributed by atoms with Crippen LogP contribution in [0.3, 0.4) is 0 Å². The smallest absolute Gasteiger partial charge is 0.119 e. The maximum absolute atomic E-state index is 5.17. The van der Waals surface area contributed by atoms with Gasteiger partial charge in [-0.15, -0.1) is 0 Å². The van der Waals surface area contributed by atoms with E-state index < -0.39 is 0 Å². The minimum atomic E-state index is 0. The quantitative estimate of drug-likeness (QED) is 0.440. The minimum Gasteiger partial charge on any atom is -0.497 e. The molecule has 0 amide bonds. The van der Waals surface area contributed by atoms with E-state index in [0.717, 1.165) is 22.7 Å². The second-order valence-corrected chi connectivity index (χ2v) is 5.34. The largest absolute Gasteiger partial charge is 0.497 e. The number of rotatable bonds is 4. The fraction of sp³-hybridized carbons (Fsp3) is 0.0952. The topological polar surface area (TPSA) is 21.6 Å². The summed E-state index contributed by atoms with van der Waals surface area (Å²) in [7, 11) is 1.66. The fourth-order valence-electron chi connectivity index (χ4n) is 2.45. The Balaban J connectivity index is 0.00000208. The Morgan fingerprint density at radius 2 is 1.33 bits per heavy atom. The van der Waals surface area contributed by atoms with Crippen LogP contribution in [0.1, 0.15) is 12.5 Å². The van der Waals surface area contributed by atoms with Crippen molar-refractivity contribution in [2.75, 3.05) is 7.11 Å². The molecule has 3 heteroatoms. The van der Waals surface area contributed by atoms with Gasteiger partial charge in [-0.25, -0.2) is 0 Å². The van der Waals surface area contributed by atoms with Crippen LogP contribution in [0, 0.1) is 0 Å². The number of nitrogens with zero attached hydrogens (tertiary/aromatic N) is 1. The Morgan fingerprint density at radius 3 is 1.92 bits per heavy atom. The Hall–Kier alpha value is -2.22. The molecule has 0 aliphatic carbocycles. The van der Waals surface area contributed by atoms with Crippen LogP contribution in [-0.4, -0.2) is 12.8 Å². The first-order chi connectivity index (χ1) is 11.3. The predicted octanol–water partition coefficient (Wildman–Crippen LogP) is 5.50. The number of hydrogen-bond donors (Lipinski definition) is 0. The van der Waals surface area contributed by atoms with Crippen LogP contribution in [0.25, 0.3) is 11.1 Å². The van der Waals surface area contributed by atoms with Gasteiger partial charge in [-0.2, -0.15) is 0 Å². The first-order valence-corrected chi connectivity index (χ1v) is 7.61. The zero-order chi connectivity index (χ0) is 16.1. The van der Waals surface area contributed by atoms with Gasteiger partial charge in [-0.05, 0) is 47.9 Å². The van der Waals surface area contributed by atoms with Crippen molar-refractivity contribution in [3.63, 3.8) is 0 Å². The molecule has 0 saturated carbocycles. The number of aliphatic imine (C=N–C) groups is 1. The van der Waals surface area contributed by atoms with E-state index in [1.807, 2.05) is 37.3 Å². The third-order valence-corrected chi connectivity index (χ3v) is 3.78. The molecule has 0 spiro atoms. The van der Waals surface area contributed by atoms with Crippen LogP contribution in [0.15, 0.2) is 83.9 Å². The first kappa shape index (κ1) is 18.1. The number of hydrogen-bond acceptors (Lipinski definition) is 2. The number of ether oxygens (including phenoxy) is 1. The summed E-state index contributed by atoms with van der Waals surface area (Å²) < 4.78 is 5.17. The molecule has 0 aliphatic rings. The Morgan fingerprint density at radius 1 is 0.750 bits per heavy atom. The molecule has 0 aromatic heterocycles. The normalized spacial score (nSPS) is 10.8. The summed E-state index contributed by atoms with van der Waals surface area (Å²) in [5, 5.41) is 0. The summed E-state index contributed by atoms with van der Waals surface area (Å²) in [6.45, 7) is 2.03. The maximum Gasteiger partial charge on any atom is 0.119 e. The van der Waals surface area contributed by atoms with Crippen molar-refractivity contribution in [1.82, 2.24) is 0 Å². The molecule has 0 bridgehead atoms. The van der Waals surface area contributed by atoms with Crippen molar-refractivity contribution in [3.05, 3.63) is 84.4 Å². The van der Waals surface area contributed by atoms with Gasteiger partial charge in [0, 0.05) is 25.8 Å². The molecular weight excluding hydrogens is 474 g/mol. The first-order valence-electron chi connectivity index (χ1n) is 7.61. The summed E-state index contributed by atoms with van der Waals surface area (Å²) in [5.41, 5.74) is 5.49. The molecule has 3 aromatic carbocycles. The average Bonchev–Trinajstić information content (AvgIpc) is 2.63. The van der Waals surface area contributed by atoms with Crippen molar-refractivity contribution in [1.29, 1.82) is 0 Å². The van der Waals surface area contributed by atoms with E-state index >= 15 is 0 Å². The number of benzene rings is 3. The van der Waals surface area contributed by atoms with Crippen LogP contribution >= 0.6 is 0 Å². The van der Waals surface area contributed by atoms with Crippen LogP contribution in [-0.2, 0) is 20.1 Å². The molecule has 1 radical (unpaired) electrons. The molecule has 0 fully saturated rings. The van der Waals surface area contributed by atoms with Gasteiger partial charge in [0.25, 0.3) is 0 Å². The SMILES string of the molecule is COc1ccc(/N=C(\C)c2ccc(-c3ccccc3)cc2)cc1.[Ir]. The zero-order valence-electron chi connectivity index (χ0n) is 13.7. The molecule has 3 rings (SSSR count). The van der Waals surface area contributed by atoms with Crippen LogP contribution in [0.5, 0.6) is 5.75 Å². The van der Waals surface area contributed by atoms with Gasteiger partial charge in [0.1, 0.15) is 5.75 Å². The summed E-state index contributed by atoms with van der Waals surface area (Å²) in [6, 6.07) is 26.6. The zero-order valence-corrected chi connectivity index (χ0v) is 16.1. The standard InChI is InChI=1S/C21H19NO.Ir/c1-16(22-20-12-14-21(23-2)15-13-20)17-8-10-19(11-9-17)18-6-4-3-5-7-18;/h3-15H,1-2H3;/b22-16+;. The summed E-state index contributed by atoms with van der Waals surface area (Å²) in [6.07, 6.45) is 0. The van der Waals surface area contributed by atoms with Gasteiger partial charge in [0.05, 0.1) is 12.8 Å². The van der Waals surface area contributed by atoms with E-state index in [0.29, 0.717) is 0 Å². The molecule has 0 atom stereocenters. The Labute approximate surface area is 156 Å². The van der Waals surface area contributed by atoms with Crippen molar-refractivity contribution in [2.24, 2.45) is 4.99 Å². The molecule has 0 heterocycles. The Kier molecular flexibility index (Phi) is 6.48. The van der Waals surface area contributed by atoms with E-state index in [4.69, 9.17) is 4.74 Å². The Bertz CT molecular complexity index is 794. The van der Waals surface area contributed by atoms with Gasteiger partial charge >= 0.3 is 0 Å². The molecule has 3 aromatic rings. The average molecular weight is 494 g/mol. The fourth-order valence-corrected chi connectivity index (χ4v) is 2.45. The van der Waals surface area contributed by atoms with Gasteiger partial charge < -0.3 is 4.74 Å². The van der Waals surface area contributed by atoms with E-state index in [1.54, 1.807) is 7.11 Å². The number of methoxy groups -OCH3 is 1. The van der Waals surface area contributed by atoms with E-state index in [2.05, 4.69) is 53.5 Å². The monoisotopic (exact) mass is 494 g/mol. The molecule has 0 N–H and O–H groups in total. The van der Waals surface area contributed by atoms with Gasteiger partial charge in [-0.1, -0.05) is 54.6 Å². The van der Waals surface area contributed by atoms with Gasteiger partial charge in [-0.3, -0.25) is 4.99 Å². The predicted molar refractivity (Wildman–Crippen MR) is 96.7 cm³/mol. The van der Waals surface area contributed by atoms with Crippen LogP contribution < -0.4 is 4.74 Å². The van der Waals surface area contributed by atoms with E-state index in [1.165, 1.54) is 11.1 Å². The molecule has 0 saturated heterocycles. The second-order valence-electron chi connectivity index (χ2n) is 5.34. The van der Waals surface area contributed by atoms with Crippen LogP contribution in [0.2, 0.25) is 0 Å². The summed E-state index contributed by atoms with van der Waals surface area (Å²) in [4.78, 5) is 4.67. The van der Waals surface area contributed by atoms with E-state index in [9.17, 15) is 0 Å². The van der Waals surface area contributed by atoms with Crippen molar-refractivity contribution >= 4 is 11.4 Å². The van der Waals surface area contributed by atoms with Crippen molar-refractivity contribution in [2.45, 2.75) is 6.92 Å². The third kappa shape index (κ3) is 4.41. The van der Waals surface area contributed by atoms with Crippen LogP contribution in [0.4, 0.5) is 5.69 Å². The summed E-state index contributed by atoms with van der Waals surface area (Å²) >= 11 is 0. The van der Waals surface area contributed by atoms with E-state index in [-0.39, 0.29) is 20.1 Å². The molecule has 24 heavy (non-hydrogen) atoms. The maximum atomic E-state index is 5.17. The van der Waals surface area contributed by atoms with Crippen molar-refractivity contribution < 1.29 is 24.8 Å². The third-order valence-electron chi connectivity index (χ3n) is 3.78. The molecular formula is C21H19IrNO. The van der Waals surface area contributed by atoms with Gasteiger partial charge in [0.2, 0.25) is 0 Å². The summed E-state index contributed by atoms with van der Waals surface area (Å²) in [5.74, 6) is 0.841.